The number of aromatic nitrogens is 2. The van der Waals surface area contributed by atoms with Crippen LogP contribution in [0, 0.1) is 5.82 Å². The first kappa shape index (κ1) is 14.8. The zero-order valence-corrected chi connectivity index (χ0v) is 13.0. The number of anilines is 2. The number of benzene rings is 1. The van der Waals surface area contributed by atoms with E-state index >= 15 is 0 Å². The van der Waals surface area contributed by atoms with Gasteiger partial charge in [-0.3, -0.25) is 9.40 Å². The van der Waals surface area contributed by atoms with Crippen LogP contribution in [-0.2, 0) is 17.1 Å². The molecule has 0 saturated carbocycles. The molecule has 0 bridgehead atoms. The van der Waals surface area contributed by atoms with Crippen molar-refractivity contribution in [1.82, 2.24) is 9.78 Å². The van der Waals surface area contributed by atoms with Crippen molar-refractivity contribution < 1.29 is 12.8 Å². The first-order chi connectivity index (χ1) is 10.5. The van der Waals surface area contributed by atoms with Gasteiger partial charge < -0.3 is 4.90 Å². The Morgan fingerprint density at radius 1 is 1.27 bits per heavy atom. The zero-order chi connectivity index (χ0) is 15.7. The van der Waals surface area contributed by atoms with Crippen LogP contribution in [0.1, 0.15) is 12.8 Å². The highest BCUT2D eigenvalue weighted by Crippen LogP contribution is 2.32. The summed E-state index contributed by atoms with van der Waals surface area (Å²) in [5.41, 5.74) is 0.568. The molecule has 1 aliphatic heterocycles. The number of nitrogens with one attached hydrogen (secondary N) is 1. The molecule has 6 nitrogen and oxygen atoms in total. The summed E-state index contributed by atoms with van der Waals surface area (Å²) in [6, 6.07) is 4.57. The average Bonchev–Trinajstić information content (AvgIpc) is 3.12. The van der Waals surface area contributed by atoms with Crippen LogP contribution >= 0.6 is 0 Å². The van der Waals surface area contributed by atoms with Crippen molar-refractivity contribution in [2.24, 2.45) is 7.05 Å². The molecule has 1 aliphatic rings. The van der Waals surface area contributed by atoms with E-state index in [1.807, 2.05) is 4.90 Å². The second kappa shape index (κ2) is 5.60. The Hall–Kier alpha value is -2.09. The molecule has 1 aromatic carbocycles. The maximum Gasteiger partial charge on any atom is 0.265 e. The van der Waals surface area contributed by atoms with Gasteiger partial charge >= 0.3 is 0 Å². The molecule has 0 atom stereocenters. The van der Waals surface area contributed by atoms with Crippen LogP contribution in [0.4, 0.5) is 15.8 Å². The summed E-state index contributed by atoms with van der Waals surface area (Å²) >= 11 is 0. The van der Waals surface area contributed by atoms with E-state index in [2.05, 4.69) is 9.82 Å². The summed E-state index contributed by atoms with van der Waals surface area (Å²) < 4.78 is 42.7. The number of sulfonamides is 1. The smallest absolute Gasteiger partial charge is 0.265 e. The fourth-order valence-corrected chi connectivity index (χ4v) is 3.63. The Bertz CT molecular complexity index is 782. The van der Waals surface area contributed by atoms with E-state index in [9.17, 15) is 12.8 Å². The Labute approximate surface area is 128 Å². The van der Waals surface area contributed by atoms with Gasteiger partial charge in [0.1, 0.15) is 16.4 Å². The van der Waals surface area contributed by atoms with Crippen molar-refractivity contribution >= 4 is 21.4 Å². The molecule has 0 unspecified atom stereocenters. The van der Waals surface area contributed by atoms with Gasteiger partial charge in [0.05, 0.1) is 11.9 Å². The summed E-state index contributed by atoms with van der Waals surface area (Å²) in [5.74, 6) is -0.586. The Kier molecular flexibility index (Phi) is 3.78. The second-order valence-electron chi connectivity index (χ2n) is 5.28. The van der Waals surface area contributed by atoms with E-state index < -0.39 is 15.8 Å². The summed E-state index contributed by atoms with van der Waals surface area (Å²) in [7, 11) is -2.24. The molecule has 8 heteroatoms. The third kappa shape index (κ3) is 2.78. The van der Waals surface area contributed by atoms with Crippen molar-refractivity contribution in [3.8, 4) is 0 Å². The van der Waals surface area contributed by atoms with Crippen molar-refractivity contribution in [1.29, 1.82) is 0 Å². The lowest BCUT2D eigenvalue weighted by atomic mass is 10.2. The summed E-state index contributed by atoms with van der Waals surface area (Å²) in [6.07, 6.45) is 4.65. The van der Waals surface area contributed by atoms with Crippen LogP contribution in [0.2, 0.25) is 0 Å². The van der Waals surface area contributed by atoms with Crippen molar-refractivity contribution in [3.63, 3.8) is 0 Å². The van der Waals surface area contributed by atoms with Gasteiger partial charge in [-0.15, -0.1) is 0 Å². The van der Waals surface area contributed by atoms with E-state index in [0.29, 0.717) is 5.69 Å². The van der Waals surface area contributed by atoms with Crippen molar-refractivity contribution in [2.75, 3.05) is 22.7 Å². The highest BCUT2D eigenvalue weighted by Gasteiger charge is 2.23. The summed E-state index contributed by atoms with van der Waals surface area (Å²) in [4.78, 5) is 2.00. The molecule has 1 fully saturated rings. The Morgan fingerprint density at radius 2 is 2.00 bits per heavy atom. The van der Waals surface area contributed by atoms with Gasteiger partial charge in [-0.05, 0) is 25.0 Å². The van der Waals surface area contributed by atoms with Crippen LogP contribution in [0.25, 0.3) is 0 Å². The van der Waals surface area contributed by atoms with Gasteiger partial charge in [-0.25, -0.2) is 12.8 Å². The minimum atomic E-state index is -3.87. The van der Waals surface area contributed by atoms with Crippen LogP contribution in [0.15, 0.2) is 35.5 Å². The van der Waals surface area contributed by atoms with Crippen LogP contribution in [0.5, 0.6) is 0 Å². The van der Waals surface area contributed by atoms with Gasteiger partial charge in [0.25, 0.3) is 10.0 Å². The van der Waals surface area contributed by atoms with Gasteiger partial charge in [0.15, 0.2) is 0 Å². The Balaban J connectivity index is 1.98. The van der Waals surface area contributed by atoms with Gasteiger partial charge in [0, 0.05) is 26.3 Å². The summed E-state index contributed by atoms with van der Waals surface area (Å²) in [5, 5.41) is 3.84. The largest absolute Gasteiger partial charge is 0.370 e. The molecule has 0 aliphatic carbocycles. The number of hydrogen-bond donors (Lipinski definition) is 1. The molecular weight excluding hydrogens is 307 g/mol. The fraction of sp³-hybridized carbons (Fsp3) is 0.357. The van der Waals surface area contributed by atoms with Crippen LogP contribution in [-0.4, -0.2) is 31.3 Å². The van der Waals surface area contributed by atoms with E-state index in [4.69, 9.17) is 0 Å². The molecule has 2 aromatic rings. The molecule has 2 heterocycles. The molecular formula is C14H17FN4O2S. The third-order valence-corrected chi connectivity index (χ3v) is 4.97. The van der Waals surface area contributed by atoms with E-state index in [1.54, 1.807) is 19.2 Å². The predicted octanol–water partition coefficient (Wildman–Crippen LogP) is 1.96. The predicted molar refractivity (Wildman–Crippen MR) is 81.9 cm³/mol. The highest BCUT2D eigenvalue weighted by atomic mass is 32.2. The SMILES string of the molecule is Cn1cc(S(=O)(=O)Nc2c(F)cccc2N2CCCC2)cn1. The maximum absolute atomic E-state index is 14.2. The van der Waals surface area contributed by atoms with Gasteiger partial charge in [-0.1, -0.05) is 6.07 Å². The molecule has 1 saturated heterocycles. The van der Waals surface area contributed by atoms with Crippen molar-refractivity contribution in [2.45, 2.75) is 17.7 Å². The van der Waals surface area contributed by atoms with Crippen LogP contribution < -0.4 is 9.62 Å². The maximum atomic E-state index is 14.2. The lowest BCUT2D eigenvalue weighted by Crippen LogP contribution is -2.22. The topological polar surface area (TPSA) is 67.2 Å². The number of rotatable bonds is 4. The monoisotopic (exact) mass is 324 g/mol. The minimum absolute atomic E-state index is 0.00521. The average molecular weight is 324 g/mol. The van der Waals surface area contributed by atoms with Gasteiger partial charge in [0.2, 0.25) is 0 Å². The zero-order valence-electron chi connectivity index (χ0n) is 12.2. The standard InChI is InChI=1S/C14H17FN4O2S/c1-18-10-11(9-16-18)22(20,21)17-14-12(15)5-4-6-13(14)19-7-2-3-8-19/h4-6,9-10,17H,2-3,7-8H2,1H3. The molecule has 0 spiro atoms. The number of hydrogen-bond acceptors (Lipinski definition) is 4. The first-order valence-corrected chi connectivity index (χ1v) is 8.50. The molecule has 1 N–H and O–H groups in total. The molecule has 0 radical (unpaired) electrons. The third-order valence-electron chi connectivity index (χ3n) is 3.67. The number of aryl methyl sites for hydroxylation is 1. The second-order valence-corrected chi connectivity index (χ2v) is 6.97. The minimum Gasteiger partial charge on any atom is -0.370 e. The quantitative estimate of drug-likeness (QED) is 0.933. The molecule has 118 valence electrons. The van der Waals surface area contributed by atoms with E-state index in [1.165, 1.54) is 23.1 Å². The highest BCUT2D eigenvalue weighted by molar-refractivity contribution is 7.92. The lowest BCUT2D eigenvalue weighted by molar-refractivity contribution is 0.598. The van der Waals surface area contributed by atoms with E-state index in [0.717, 1.165) is 25.9 Å². The molecule has 1 aromatic heterocycles. The van der Waals surface area contributed by atoms with E-state index in [-0.39, 0.29) is 10.6 Å². The van der Waals surface area contributed by atoms with Crippen LogP contribution in [0.3, 0.4) is 0 Å². The lowest BCUT2D eigenvalue weighted by Gasteiger charge is -2.22. The number of halogens is 1. The molecule has 0 amide bonds. The normalized spacial score (nSPS) is 15.3. The fourth-order valence-electron chi connectivity index (χ4n) is 2.57. The Morgan fingerprint density at radius 3 is 2.64 bits per heavy atom. The first-order valence-electron chi connectivity index (χ1n) is 7.02. The number of para-hydroxylation sites is 1. The molecule has 22 heavy (non-hydrogen) atoms. The molecule has 3 rings (SSSR count). The number of nitrogens with zero attached hydrogens (tertiary/aromatic N) is 3. The van der Waals surface area contributed by atoms with Crippen molar-refractivity contribution in [3.05, 3.63) is 36.4 Å². The summed E-state index contributed by atoms with van der Waals surface area (Å²) in [6.45, 7) is 1.59. The van der Waals surface area contributed by atoms with Gasteiger partial charge in [-0.2, -0.15) is 5.10 Å².